The molecular formula is C21H29N3O. The van der Waals surface area contributed by atoms with Crippen LogP contribution in [0.1, 0.15) is 55.6 Å². The van der Waals surface area contributed by atoms with Crippen LogP contribution in [0, 0.1) is 13.8 Å². The summed E-state index contributed by atoms with van der Waals surface area (Å²) in [6.07, 6.45) is 6.73. The predicted octanol–water partition coefficient (Wildman–Crippen LogP) is 4.07. The van der Waals surface area contributed by atoms with Crippen LogP contribution in [0.2, 0.25) is 0 Å². The molecule has 1 fully saturated rings. The quantitative estimate of drug-likeness (QED) is 0.823. The van der Waals surface area contributed by atoms with Gasteiger partial charge < -0.3 is 9.47 Å². The van der Waals surface area contributed by atoms with Gasteiger partial charge in [0.25, 0.3) is 0 Å². The van der Waals surface area contributed by atoms with Gasteiger partial charge in [-0.05, 0) is 52.0 Å². The maximum atomic E-state index is 12.9. The van der Waals surface area contributed by atoms with Crippen molar-refractivity contribution >= 4 is 5.91 Å². The monoisotopic (exact) mass is 339 g/mol. The van der Waals surface area contributed by atoms with E-state index in [0.29, 0.717) is 6.42 Å². The second-order valence-corrected chi connectivity index (χ2v) is 7.20. The first-order valence-electron chi connectivity index (χ1n) is 9.41. The first-order valence-corrected chi connectivity index (χ1v) is 9.41. The van der Waals surface area contributed by atoms with Gasteiger partial charge in [0.05, 0.1) is 24.1 Å². The summed E-state index contributed by atoms with van der Waals surface area (Å²) < 4.78 is 2.24. The maximum Gasteiger partial charge on any atom is 0.223 e. The zero-order valence-corrected chi connectivity index (χ0v) is 15.6. The molecule has 2 atom stereocenters. The number of likely N-dealkylation sites (tertiary alicyclic amines) is 1. The van der Waals surface area contributed by atoms with Gasteiger partial charge in [0.2, 0.25) is 5.91 Å². The molecule has 0 spiro atoms. The van der Waals surface area contributed by atoms with Gasteiger partial charge in [0, 0.05) is 18.7 Å². The molecular weight excluding hydrogens is 310 g/mol. The highest BCUT2D eigenvalue weighted by atomic mass is 16.2. The molecule has 1 amide bonds. The molecule has 2 aromatic rings. The number of benzene rings is 1. The average molecular weight is 339 g/mol. The third-order valence-electron chi connectivity index (χ3n) is 5.62. The molecule has 4 nitrogen and oxygen atoms in total. The minimum Gasteiger partial charge on any atom is -0.338 e. The minimum absolute atomic E-state index is 0.266. The number of nitrogens with zero attached hydrogens (tertiary/aromatic N) is 3. The summed E-state index contributed by atoms with van der Waals surface area (Å²) in [5, 5.41) is 0. The fourth-order valence-corrected chi connectivity index (χ4v) is 3.92. The van der Waals surface area contributed by atoms with Gasteiger partial charge in [-0.25, -0.2) is 4.98 Å². The molecule has 134 valence electrons. The Morgan fingerprint density at radius 3 is 2.68 bits per heavy atom. The molecule has 1 aliphatic heterocycles. The Kier molecular flexibility index (Phi) is 5.57. The van der Waals surface area contributed by atoms with E-state index in [4.69, 9.17) is 0 Å². The number of hydrogen-bond donors (Lipinski definition) is 0. The topological polar surface area (TPSA) is 38.1 Å². The van der Waals surface area contributed by atoms with Crippen LogP contribution in [0.5, 0.6) is 0 Å². The lowest BCUT2D eigenvalue weighted by Crippen LogP contribution is -2.47. The molecule has 0 radical (unpaired) electrons. The Morgan fingerprint density at radius 1 is 1.24 bits per heavy atom. The average Bonchev–Trinajstić information content (AvgIpc) is 2.99. The Morgan fingerprint density at radius 2 is 2.00 bits per heavy atom. The third kappa shape index (κ3) is 3.94. The summed E-state index contributed by atoms with van der Waals surface area (Å²) in [5.74, 6) is 0.287. The van der Waals surface area contributed by atoms with Crippen LogP contribution in [0.15, 0.2) is 36.7 Å². The first kappa shape index (κ1) is 17.7. The van der Waals surface area contributed by atoms with Gasteiger partial charge in [-0.3, -0.25) is 4.79 Å². The lowest BCUT2D eigenvalue weighted by Gasteiger charge is -2.40. The zero-order valence-electron chi connectivity index (χ0n) is 15.6. The highest BCUT2D eigenvalue weighted by Gasteiger charge is 2.31. The fourth-order valence-electron chi connectivity index (χ4n) is 3.92. The highest BCUT2D eigenvalue weighted by molar-refractivity contribution is 5.77. The number of hydrogen-bond acceptors (Lipinski definition) is 2. The summed E-state index contributed by atoms with van der Waals surface area (Å²) >= 11 is 0. The zero-order chi connectivity index (χ0) is 17.8. The van der Waals surface area contributed by atoms with Crippen LogP contribution in [0.3, 0.4) is 0 Å². The van der Waals surface area contributed by atoms with Crippen molar-refractivity contribution in [3.63, 3.8) is 0 Å². The van der Waals surface area contributed by atoms with Crippen molar-refractivity contribution in [1.29, 1.82) is 0 Å². The summed E-state index contributed by atoms with van der Waals surface area (Å²) in [5.41, 5.74) is 3.51. The number of carbonyl (C=O) groups is 1. The van der Waals surface area contributed by atoms with E-state index < -0.39 is 0 Å². The smallest absolute Gasteiger partial charge is 0.223 e. The molecule has 0 saturated carbocycles. The fraction of sp³-hybridized carbons (Fsp3) is 0.524. The molecule has 2 unspecified atom stereocenters. The second-order valence-electron chi connectivity index (χ2n) is 7.20. The lowest BCUT2D eigenvalue weighted by molar-refractivity contribution is -0.135. The van der Waals surface area contributed by atoms with Crippen LogP contribution in [-0.4, -0.2) is 32.9 Å². The Bertz CT molecular complexity index is 707. The van der Waals surface area contributed by atoms with Crippen molar-refractivity contribution < 1.29 is 4.79 Å². The van der Waals surface area contributed by atoms with E-state index in [9.17, 15) is 4.79 Å². The van der Waals surface area contributed by atoms with E-state index in [1.165, 1.54) is 17.7 Å². The molecule has 1 saturated heterocycles. The van der Waals surface area contributed by atoms with Crippen molar-refractivity contribution in [3.05, 3.63) is 53.6 Å². The number of carbonyl (C=O) groups excluding carboxylic acids is 1. The van der Waals surface area contributed by atoms with E-state index in [-0.39, 0.29) is 18.0 Å². The molecule has 4 heteroatoms. The van der Waals surface area contributed by atoms with Crippen LogP contribution in [0.4, 0.5) is 0 Å². The van der Waals surface area contributed by atoms with E-state index >= 15 is 0 Å². The van der Waals surface area contributed by atoms with E-state index in [0.717, 1.165) is 31.5 Å². The molecule has 0 bridgehead atoms. The maximum absolute atomic E-state index is 12.9. The van der Waals surface area contributed by atoms with E-state index in [1.807, 2.05) is 31.5 Å². The Balaban J connectivity index is 1.69. The molecule has 25 heavy (non-hydrogen) atoms. The van der Waals surface area contributed by atoms with Crippen molar-refractivity contribution in [2.75, 3.05) is 6.54 Å². The minimum atomic E-state index is 0.266. The van der Waals surface area contributed by atoms with E-state index in [1.54, 1.807) is 0 Å². The number of piperidine rings is 1. The lowest BCUT2D eigenvalue weighted by atomic mass is 9.95. The third-order valence-corrected chi connectivity index (χ3v) is 5.62. The van der Waals surface area contributed by atoms with Crippen LogP contribution < -0.4 is 0 Å². The standard InChI is InChI=1S/C21H29N3O/c1-16-17(2)24(15-22-16)18(3)20-11-7-8-14-23(20)21(25)13-12-19-9-5-4-6-10-19/h4-6,9-10,15,18,20H,7-8,11-14H2,1-3H3. The summed E-state index contributed by atoms with van der Waals surface area (Å²) in [6, 6.07) is 10.8. The predicted molar refractivity (Wildman–Crippen MR) is 101 cm³/mol. The van der Waals surface area contributed by atoms with Gasteiger partial charge in [0.1, 0.15) is 0 Å². The normalized spacial score (nSPS) is 19.0. The van der Waals surface area contributed by atoms with Crippen LogP contribution in [0.25, 0.3) is 0 Å². The van der Waals surface area contributed by atoms with Crippen molar-refractivity contribution in [2.24, 2.45) is 0 Å². The van der Waals surface area contributed by atoms with Gasteiger partial charge in [-0.15, -0.1) is 0 Å². The van der Waals surface area contributed by atoms with Crippen molar-refractivity contribution in [3.8, 4) is 0 Å². The van der Waals surface area contributed by atoms with E-state index in [2.05, 4.69) is 40.4 Å². The second kappa shape index (κ2) is 7.85. The largest absolute Gasteiger partial charge is 0.338 e. The molecule has 1 aromatic heterocycles. The van der Waals surface area contributed by atoms with Gasteiger partial charge >= 0.3 is 0 Å². The molecule has 1 aromatic carbocycles. The molecule has 3 rings (SSSR count). The molecule has 0 aliphatic carbocycles. The Hall–Kier alpha value is -2.10. The molecule has 2 heterocycles. The Labute approximate surface area is 150 Å². The number of rotatable bonds is 5. The SMILES string of the molecule is Cc1ncn(C(C)C2CCCCN2C(=O)CCc2ccccc2)c1C. The van der Waals surface area contributed by atoms with Crippen LogP contribution in [-0.2, 0) is 11.2 Å². The van der Waals surface area contributed by atoms with Gasteiger partial charge in [0.15, 0.2) is 0 Å². The van der Waals surface area contributed by atoms with Crippen molar-refractivity contribution in [1.82, 2.24) is 14.5 Å². The van der Waals surface area contributed by atoms with Gasteiger partial charge in [-0.2, -0.15) is 0 Å². The highest BCUT2D eigenvalue weighted by Crippen LogP contribution is 2.28. The number of aromatic nitrogens is 2. The summed E-state index contributed by atoms with van der Waals surface area (Å²) in [4.78, 5) is 19.5. The number of imidazole rings is 1. The molecule has 1 aliphatic rings. The van der Waals surface area contributed by atoms with Gasteiger partial charge in [-0.1, -0.05) is 30.3 Å². The molecule has 0 N–H and O–H groups in total. The van der Waals surface area contributed by atoms with Crippen molar-refractivity contribution in [2.45, 2.75) is 65.0 Å². The number of aryl methyl sites for hydroxylation is 2. The summed E-state index contributed by atoms with van der Waals surface area (Å²) in [6.45, 7) is 7.27. The first-order chi connectivity index (χ1) is 12.1. The summed E-state index contributed by atoms with van der Waals surface area (Å²) in [7, 11) is 0. The van der Waals surface area contributed by atoms with Crippen LogP contribution >= 0.6 is 0 Å². The number of amides is 1.